The highest BCUT2D eigenvalue weighted by molar-refractivity contribution is 6.06. The molecule has 26 heavy (non-hydrogen) atoms. The molecule has 1 saturated heterocycles. The van der Waals surface area contributed by atoms with Crippen LogP contribution in [0.25, 0.3) is 0 Å². The standard InChI is InChI=1S/C18H29N3O5/c1-12-7-4-5-8-13(12)19-14(22)11-26-15(23)9-6-10-21-16(24)18(2,3)20-17(21)25/h12-13H,4-11H2,1-3H3,(H,19,22)(H,20,25)/t12-,13+/m0/s1. The summed E-state index contributed by atoms with van der Waals surface area (Å²) in [6, 6.07) is -0.299. The third kappa shape index (κ3) is 5.19. The normalized spacial score (nSPS) is 25.0. The zero-order valence-electron chi connectivity index (χ0n) is 15.8. The van der Waals surface area contributed by atoms with Crippen LogP contribution in [0.4, 0.5) is 4.79 Å². The van der Waals surface area contributed by atoms with Crippen molar-refractivity contribution in [3.05, 3.63) is 0 Å². The fourth-order valence-corrected chi connectivity index (χ4v) is 3.40. The average molecular weight is 367 g/mol. The van der Waals surface area contributed by atoms with Gasteiger partial charge in [-0.2, -0.15) is 0 Å². The van der Waals surface area contributed by atoms with Crippen molar-refractivity contribution in [2.75, 3.05) is 13.2 Å². The van der Waals surface area contributed by atoms with Crippen molar-refractivity contribution in [3.63, 3.8) is 0 Å². The number of carbonyl (C=O) groups excluding carboxylic acids is 4. The molecule has 1 heterocycles. The minimum atomic E-state index is -0.911. The van der Waals surface area contributed by atoms with Gasteiger partial charge in [-0.15, -0.1) is 0 Å². The summed E-state index contributed by atoms with van der Waals surface area (Å²) < 4.78 is 4.98. The number of urea groups is 1. The van der Waals surface area contributed by atoms with E-state index in [1.54, 1.807) is 13.8 Å². The molecule has 8 heteroatoms. The quantitative estimate of drug-likeness (QED) is 0.522. The molecule has 2 atom stereocenters. The number of rotatable bonds is 7. The van der Waals surface area contributed by atoms with Gasteiger partial charge in [-0.3, -0.25) is 19.3 Å². The van der Waals surface area contributed by atoms with Gasteiger partial charge in [0.05, 0.1) is 0 Å². The highest BCUT2D eigenvalue weighted by atomic mass is 16.5. The molecule has 2 fully saturated rings. The number of esters is 1. The molecule has 4 amide bonds. The molecule has 146 valence electrons. The topological polar surface area (TPSA) is 105 Å². The van der Waals surface area contributed by atoms with Gasteiger partial charge in [-0.1, -0.05) is 19.8 Å². The molecule has 2 N–H and O–H groups in total. The maximum atomic E-state index is 12.0. The molecule has 2 rings (SSSR count). The predicted molar refractivity (Wildman–Crippen MR) is 94.1 cm³/mol. The maximum Gasteiger partial charge on any atom is 0.325 e. The van der Waals surface area contributed by atoms with E-state index in [-0.39, 0.29) is 37.4 Å². The zero-order valence-corrected chi connectivity index (χ0v) is 15.8. The number of hydrogen-bond acceptors (Lipinski definition) is 5. The lowest BCUT2D eigenvalue weighted by Gasteiger charge is -2.29. The van der Waals surface area contributed by atoms with Crippen LogP contribution in [0.5, 0.6) is 0 Å². The molecular weight excluding hydrogens is 338 g/mol. The van der Waals surface area contributed by atoms with E-state index >= 15 is 0 Å². The van der Waals surface area contributed by atoms with Crippen molar-refractivity contribution in [3.8, 4) is 0 Å². The predicted octanol–water partition coefficient (Wildman–Crippen LogP) is 1.34. The van der Waals surface area contributed by atoms with E-state index in [9.17, 15) is 19.2 Å². The van der Waals surface area contributed by atoms with Crippen LogP contribution in [0.2, 0.25) is 0 Å². The van der Waals surface area contributed by atoms with Crippen molar-refractivity contribution >= 4 is 23.8 Å². The summed E-state index contributed by atoms with van der Waals surface area (Å²) in [6.45, 7) is 5.24. The number of nitrogens with zero attached hydrogens (tertiary/aromatic N) is 1. The Morgan fingerprint density at radius 3 is 2.58 bits per heavy atom. The monoisotopic (exact) mass is 367 g/mol. The Hall–Kier alpha value is -2.12. The number of nitrogens with one attached hydrogen (secondary N) is 2. The van der Waals surface area contributed by atoms with Crippen LogP contribution in [0.1, 0.15) is 59.3 Å². The van der Waals surface area contributed by atoms with Gasteiger partial charge in [0.2, 0.25) is 0 Å². The van der Waals surface area contributed by atoms with Crippen molar-refractivity contribution in [2.45, 2.75) is 70.9 Å². The Labute approximate surface area is 154 Å². The van der Waals surface area contributed by atoms with Gasteiger partial charge in [0.15, 0.2) is 6.61 Å². The minimum absolute atomic E-state index is 0.0462. The largest absolute Gasteiger partial charge is 0.456 e. The molecule has 0 aromatic carbocycles. The summed E-state index contributed by atoms with van der Waals surface area (Å²) in [5, 5.41) is 5.51. The average Bonchev–Trinajstić information content (AvgIpc) is 2.76. The molecule has 0 aromatic heterocycles. The van der Waals surface area contributed by atoms with Crippen molar-refractivity contribution in [2.24, 2.45) is 5.92 Å². The fourth-order valence-electron chi connectivity index (χ4n) is 3.40. The van der Waals surface area contributed by atoms with E-state index in [4.69, 9.17) is 4.74 Å². The van der Waals surface area contributed by atoms with Crippen LogP contribution in [-0.4, -0.2) is 53.4 Å². The minimum Gasteiger partial charge on any atom is -0.456 e. The highest BCUT2D eigenvalue weighted by Crippen LogP contribution is 2.23. The SMILES string of the molecule is C[C@H]1CCCC[C@H]1NC(=O)COC(=O)CCCN1C(=O)NC(C)(C)C1=O. The molecule has 0 radical (unpaired) electrons. The summed E-state index contributed by atoms with van der Waals surface area (Å²) in [7, 11) is 0. The molecule has 0 aromatic rings. The summed E-state index contributed by atoms with van der Waals surface area (Å²) in [4.78, 5) is 48.5. The van der Waals surface area contributed by atoms with Crippen LogP contribution >= 0.6 is 0 Å². The van der Waals surface area contributed by atoms with E-state index in [1.807, 2.05) is 0 Å². The van der Waals surface area contributed by atoms with Gasteiger partial charge < -0.3 is 15.4 Å². The molecule has 1 saturated carbocycles. The van der Waals surface area contributed by atoms with Gasteiger partial charge in [0.25, 0.3) is 11.8 Å². The lowest BCUT2D eigenvalue weighted by Crippen LogP contribution is -2.42. The van der Waals surface area contributed by atoms with Crippen LogP contribution in [0.15, 0.2) is 0 Å². The molecule has 0 bridgehead atoms. The van der Waals surface area contributed by atoms with Crippen molar-refractivity contribution in [1.29, 1.82) is 0 Å². The lowest BCUT2D eigenvalue weighted by atomic mass is 9.86. The number of hydrogen-bond donors (Lipinski definition) is 2. The molecule has 2 aliphatic rings. The fraction of sp³-hybridized carbons (Fsp3) is 0.778. The van der Waals surface area contributed by atoms with E-state index in [2.05, 4.69) is 17.6 Å². The van der Waals surface area contributed by atoms with Gasteiger partial charge in [-0.05, 0) is 39.0 Å². The molecule has 1 aliphatic heterocycles. The second-order valence-electron chi connectivity index (χ2n) is 7.71. The molecule has 0 unspecified atom stereocenters. The Morgan fingerprint density at radius 1 is 1.27 bits per heavy atom. The Morgan fingerprint density at radius 2 is 1.96 bits per heavy atom. The van der Waals surface area contributed by atoms with E-state index < -0.39 is 17.5 Å². The first-order chi connectivity index (χ1) is 12.2. The van der Waals surface area contributed by atoms with Gasteiger partial charge in [-0.25, -0.2) is 4.79 Å². The summed E-state index contributed by atoms with van der Waals surface area (Å²) in [6.07, 6.45) is 4.71. The Balaban J connectivity index is 1.64. The number of amides is 4. The van der Waals surface area contributed by atoms with E-state index in [1.165, 1.54) is 6.42 Å². The van der Waals surface area contributed by atoms with Gasteiger partial charge in [0.1, 0.15) is 5.54 Å². The molecule has 1 aliphatic carbocycles. The van der Waals surface area contributed by atoms with E-state index in [0.29, 0.717) is 12.3 Å². The summed E-state index contributed by atoms with van der Waals surface area (Å²) in [5.41, 5.74) is -0.911. The van der Waals surface area contributed by atoms with E-state index in [0.717, 1.165) is 24.2 Å². The van der Waals surface area contributed by atoms with Gasteiger partial charge >= 0.3 is 12.0 Å². The van der Waals surface area contributed by atoms with Crippen LogP contribution in [0, 0.1) is 5.92 Å². The van der Waals surface area contributed by atoms with Crippen LogP contribution < -0.4 is 10.6 Å². The zero-order chi connectivity index (χ0) is 19.3. The first-order valence-corrected chi connectivity index (χ1v) is 9.30. The Kier molecular flexibility index (Phi) is 6.61. The number of ether oxygens (including phenoxy) is 1. The van der Waals surface area contributed by atoms with Crippen molar-refractivity contribution in [1.82, 2.24) is 15.5 Å². The summed E-state index contributed by atoms with van der Waals surface area (Å²) in [5.74, 6) is -0.662. The molecular formula is C18H29N3O5. The Bertz CT molecular complexity index is 575. The first-order valence-electron chi connectivity index (χ1n) is 9.30. The third-order valence-electron chi connectivity index (χ3n) is 5.03. The van der Waals surface area contributed by atoms with Crippen LogP contribution in [-0.2, 0) is 19.1 Å². The second kappa shape index (κ2) is 8.51. The second-order valence-corrected chi connectivity index (χ2v) is 7.71. The number of imide groups is 1. The van der Waals surface area contributed by atoms with Crippen molar-refractivity contribution < 1.29 is 23.9 Å². The van der Waals surface area contributed by atoms with Gasteiger partial charge in [0, 0.05) is 19.0 Å². The highest BCUT2D eigenvalue weighted by Gasteiger charge is 2.43. The smallest absolute Gasteiger partial charge is 0.325 e. The van der Waals surface area contributed by atoms with Crippen LogP contribution in [0.3, 0.4) is 0 Å². The lowest BCUT2D eigenvalue weighted by molar-refractivity contribution is -0.149. The maximum absolute atomic E-state index is 12.0. The number of carbonyl (C=O) groups is 4. The first kappa shape index (κ1) is 20.2. The molecule has 8 nitrogen and oxygen atoms in total. The summed E-state index contributed by atoms with van der Waals surface area (Å²) >= 11 is 0. The molecule has 0 spiro atoms. The third-order valence-corrected chi connectivity index (χ3v) is 5.03.